The quantitative estimate of drug-likeness (QED) is 0.604. The molecule has 0 bridgehead atoms. The second kappa shape index (κ2) is 8.57. The van der Waals surface area contributed by atoms with Crippen LogP contribution in [0.15, 0.2) is 47.6 Å². The van der Waals surface area contributed by atoms with Crippen molar-refractivity contribution >= 4 is 12.1 Å². The first-order valence-corrected chi connectivity index (χ1v) is 7.53. The van der Waals surface area contributed by atoms with Crippen LogP contribution < -0.4 is 14.9 Å². The molecule has 0 aliphatic heterocycles. The Morgan fingerprint density at radius 2 is 2.00 bits per heavy atom. The minimum Gasteiger partial charge on any atom is -0.504 e. The molecule has 0 atom stereocenters. The Balaban J connectivity index is 1.93. The highest BCUT2D eigenvalue weighted by Crippen LogP contribution is 2.28. The van der Waals surface area contributed by atoms with Gasteiger partial charge in [-0.1, -0.05) is 18.2 Å². The highest BCUT2D eigenvalue weighted by atomic mass is 16.5. The van der Waals surface area contributed by atoms with Crippen molar-refractivity contribution in [1.29, 1.82) is 0 Å². The number of amides is 1. The van der Waals surface area contributed by atoms with Crippen LogP contribution in [-0.2, 0) is 11.2 Å². The average molecular weight is 328 g/mol. The number of benzene rings is 2. The second-order valence-electron chi connectivity index (χ2n) is 4.95. The maximum Gasteiger partial charge on any atom is 0.244 e. The number of methoxy groups -OCH3 is 1. The van der Waals surface area contributed by atoms with Gasteiger partial charge in [-0.2, -0.15) is 5.10 Å². The SMILES string of the molecule is CCOc1cccc(/C=N/NC(=O)Cc2ccc(OC)cc2)c1O. The molecule has 0 unspecified atom stereocenters. The van der Waals surface area contributed by atoms with E-state index in [0.29, 0.717) is 17.9 Å². The Labute approximate surface area is 140 Å². The molecular formula is C18H20N2O4. The molecule has 6 nitrogen and oxygen atoms in total. The number of nitrogens with zero attached hydrogens (tertiary/aromatic N) is 1. The van der Waals surface area contributed by atoms with E-state index in [1.807, 2.05) is 19.1 Å². The zero-order chi connectivity index (χ0) is 17.4. The van der Waals surface area contributed by atoms with Crippen LogP contribution in [0.4, 0.5) is 0 Å². The number of carbonyl (C=O) groups excluding carboxylic acids is 1. The number of ether oxygens (including phenoxy) is 2. The standard InChI is InChI=1S/C18H20N2O4/c1-3-24-16-6-4-5-14(18(16)22)12-19-20-17(21)11-13-7-9-15(23-2)10-8-13/h4-10,12,22H,3,11H2,1-2H3,(H,20,21)/b19-12+. The number of hydrazone groups is 1. The van der Waals surface area contributed by atoms with Crippen molar-refractivity contribution < 1.29 is 19.4 Å². The van der Waals surface area contributed by atoms with Gasteiger partial charge in [-0.3, -0.25) is 4.79 Å². The summed E-state index contributed by atoms with van der Waals surface area (Å²) in [5.74, 6) is 0.859. The molecular weight excluding hydrogens is 308 g/mol. The molecule has 2 aromatic carbocycles. The fraction of sp³-hybridized carbons (Fsp3) is 0.222. The topological polar surface area (TPSA) is 80.2 Å². The van der Waals surface area contributed by atoms with Crippen molar-refractivity contribution in [2.24, 2.45) is 5.10 Å². The first kappa shape index (κ1) is 17.3. The smallest absolute Gasteiger partial charge is 0.244 e. The van der Waals surface area contributed by atoms with E-state index in [1.54, 1.807) is 37.4 Å². The first-order valence-electron chi connectivity index (χ1n) is 7.53. The van der Waals surface area contributed by atoms with Gasteiger partial charge in [-0.25, -0.2) is 5.43 Å². The number of carbonyl (C=O) groups is 1. The summed E-state index contributed by atoms with van der Waals surface area (Å²) in [4.78, 5) is 11.9. The van der Waals surface area contributed by atoms with Crippen LogP contribution in [0, 0.1) is 0 Å². The molecule has 0 spiro atoms. The zero-order valence-corrected chi connectivity index (χ0v) is 13.7. The zero-order valence-electron chi connectivity index (χ0n) is 13.7. The highest BCUT2D eigenvalue weighted by Gasteiger charge is 2.06. The van der Waals surface area contributed by atoms with Gasteiger partial charge in [-0.05, 0) is 36.8 Å². The minimum atomic E-state index is -0.253. The predicted molar refractivity (Wildman–Crippen MR) is 91.7 cm³/mol. The second-order valence-corrected chi connectivity index (χ2v) is 4.95. The van der Waals surface area contributed by atoms with E-state index >= 15 is 0 Å². The van der Waals surface area contributed by atoms with Gasteiger partial charge in [0, 0.05) is 5.56 Å². The van der Waals surface area contributed by atoms with E-state index < -0.39 is 0 Å². The number of rotatable bonds is 7. The van der Waals surface area contributed by atoms with E-state index in [1.165, 1.54) is 6.21 Å². The van der Waals surface area contributed by atoms with E-state index in [0.717, 1.165) is 11.3 Å². The Morgan fingerprint density at radius 3 is 2.67 bits per heavy atom. The molecule has 0 aliphatic rings. The van der Waals surface area contributed by atoms with Crippen molar-refractivity contribution in [3.05, 3.63) is 53.6 Å². The number of aromatic hydroxyl groups is 1. The fourth-order valence-corrected chi connectivity index (χ4v) is 2.06. The molecule has 0 heterocycles. The van der Waals surface area contributed by atoms with Gasteiger partial charge < -0.3 is 14.6 Å². The molecule has 6 heteroatoms. The van der Waals surface area contributed by atoms with Crippen molar-refractivity contribution in [3.8, 4) is 17.2 Å². The third kappa shape index (κ3) is 4.74. The van der Waals surface area contributed by atoms with Gasteiger partial charge in [0.1, 0.15) is 5.75 Å². The summed E-state index contributed by atoms with van der Waals surface area (Å²) >= 11 is 0. The van der Waals surface area contributed by atoms with Crippen molar-refractivity contribution in [2.45, 2.75) is 13.3 Å². The molecule has 2 aromatic rings. The monoisotopic (exact) mass is 328 g/mol. The molecule has 0 fully saturated rings. The van der Waals surface area contributed by atoms with Gasteiger partial charge in [0.15, 0.2) is 11.5 Å². The van der Waals surface area contributed by atoms with E-state index in [-0.39, 0.29) is 18.1 Å². The lowest BCUT2D eigenvalue weighted by Crippen LogP contribution is -2.19. The first-order chi connectivity index (χ1) is 11.6. The summed E-state index contributed by atoms with van der Waals surface area (Å²) in [6, 6.07) is 12.3. The van der Waals surface area contributed by atoms with Crippen LogP contribution in [0.2, 0.25) is 0 Å². The third-order valence-electron chi connectivity index (χ3n) is 3.25. The molecule has 2 N–H and O–H groups in total. The minimum absolute atomic E-state index is 0.00694. The van der Waals surface area contributed by atoms with Crippen LogP contribution in [0.5, 0.6) is 17.2 Å². The van der Waals surface area contributed by atoms with E-state index in [9.17, 15) is 9.90 Å². The lowest BCUT2D eigenvalue weighted by atomic mass is 10.1. The summed E-state index contributed by atoms with van der Waals surface area (Å²) in [6.07, 6.45) is 1.58. The van der Waals surface area contributed by atoms with E-state index in [2.05, 4.69) is 10.5 Å². The molecule has 0 saturated carbocycles. The molecule has 0 saturated heterocycles. The van der Waals surface area contributed by atoms with E-state index in [4.69, 9.17) is 9.47 Å². The van der Waals surface area contributed by atoms with Crippen LogP contribution >= 0.6 is 0 Å². The van der Waals surface area contributed by atoms with Crippen molar-refractivity contribution in [2.75, 3.05) is 13.7 Å². The van der Waals surface area contributed by atoms with Gasteiger partial charge in [0.05, 0.1) is 26.4 Å². The highest BCUT2D eigenvalue weighted by molar-refractivity contribution is 5.86. The van der Waals surface area contributed by atoms with Gasteiger partial charge in [0.2, 0.25) is 5.91 Å². The molecule has 0 radical (unpaired) electrons. The van der Waals surface area contributed by atoms with Crippen LogP contribution in [0.3, 0.4) is 0 Å². The average Bonchev–Trinajstić information content (AvgIpc) is 2.59. The molecule has 2 rings (SSSR count). The lowest BCUT2D eigenvalue weighted by molar-refractivity contribution is -0.120. The van der Waals surface area contributed by atoms with Crippen LogP contribution in [0.1, 0.15) is 18.1 Å². The summed E-state index contributed by atoms with van der Waals surface area (Å²) in [5.41, 5.74) is 3.75. The van der Waals surface area contributed by atoms with Gasteiger partial charge in [0.25, 0.3) is 0 Å². The number of phenolic OH excluding ortho intramolecular Hbond substituents is 1. The summed E-state index contributed by atoms with van der Waals surface area (Å²) in [7, 11) is 1.59. The molecule has 24 heavy (non-hydrogen) atoms. The van der Waals surface area contributed by atoms with Gasteiger partial charge >= 0.3 is 0 Å². The van der Waals surface area contributed by atoms with Crippen molar-refractivity contribution in [1.82, 2.24) is 5.43 Å². The lowest BCUT2D eigenvalue weighted by Gasteiger charge is -2.07. The number of nitrogens with one attached hydrogen (secondary N) is 1. The Kier molecular flexibility index (Phi) is 6.19. The summed E-state index contributed by atoms with van der Waals surface area (Å²) in [5, 5.41) is 13.9. The van der Waals surface area contributed by atoms with Crippen molar-refractivity contribution in [3.63, 3.8) is 0 Å². The number of hydrogen-bond acceptors (Lipinski definition) is 5. The normalized spacial score (nSPS) is 10.6. The fourth-order valence-electron chi connectivity index (χ4n) is 2.06. The molecule has 0 aliphatic carbocycles. The van der Waals surface area contributed by atoms with Crippen LogP contribution in [0.25, 0.3) is 0 Å². The number of phenols is 1. The molecule has 0 aromatic heterocycles. The largest absolute Gasteiger partial charge is 0.504 e. The number of hydrogen-bond donors (Lipinski definition) is 2. The Morgan fingerprint density at radius 1 is 1.25 bits per heavy atom. The van der Waals surface area contributed by atoms with Crippen LogP contribution in [-0.4, -0.2) is 30.9 Å². The Hall–Kier alpha value is -3.02. The maximum absolute atomic E-state index is 11.9. The maximum atomic E-state index is 11.9. The summed E-state index contributed by atoms with van der Waals surface area (Å²) < 4.78 is 10.4. The predicted octanol–water partition coefficient (Wildman–Crippen LogP) is 2.49. The summed E-state index contributed by atoms with van der Waals surface area (Å²) in [6.45, 7) is 2.28. The Bertz CT molecular complexity index is 711. The molecule has 126 valence electrons. The number of para-hydroxylation sites is 1. The van der Waals surface area contributed by atoms with Gasteiger partial charge in [-0.15, -0.1) is 0 Å². The third-order valence-corrected chi connectivity index (χ3v) is 3.25. The molecule has 1 amide bonds.